The van der Waals surface area contributed by atoms with Gasteiger partial charge in [0.2, 0.25) is 10.0 Å². The van der Waals surface area contributed by atoms with E-state index in [4.69, 9.17) is 0 Å². The highest BCUT2D eigenvalue weighted by Crippen LogP contribution is 2.32. The summed E-state index contributed by atoms with van der Waals surface area (Å²) in [6.45, 7) is 2.08. The van der Waals surface area contributed by atoms with Crippen molar-refractivity contribution in [3.63, 3.8) is 0 Å². The van der Waals surface area contributed by atoms with Gasteiger partial charge in [0.25, 0.3) is 0 Å². The third-order valence-corrected chi connectivity index (χ3v) is 4.48. The van der Waals surface area contributed by atoms with Crippen LogP contribution in [-0.2, 0) is 29.3 Å². The van der Waals surface area contributed by atoms with Crippen LogP contribution in [-0.4, -0.2) is 27.2 Å². The first kappa shape index (κ1) is 23.5. The number of anilines is 1. The molecule has 0 saturated heterocycles. The molecule has 6 nitrogen and oxygen atoms in total. The predicted octanol–water partition coefficient (Wildman–Crippen LogP) is 3.47. The van der Waals surface area contributed by atoms with E-state index in [1.165, 1.54) is 0 Å². The van der Waals surface area contributed by atoms with Gasteiger partial charge in [-0.1, -0.05) is 24.3 Å². The minimum atomic E-state index is -4.69. The topological polar surface area (TPSA) is 82.6 Å². The summed E-state index contributed by atoms with van der Waals surface area (Å²) in [6, 6.07) is 9.13. The standard InChI is InChI=1S/C19H22F4N4O2S/c1-3-24-18(25-11-13-8-9-15(20)10-16(13)19(21,22)23)26-12-14-6-4-5-7-17(14)27-30(2,28)29/h4-10,27H,3,11-12H2,1-2H3,(H2,24,25,26). The second-order valence-corrected chi connectivity index (χ2v) is 8.13. The van der Waals surface area contributed by atoms with Crippen molar-refractivity contribution >= 4 is 21.7 Å². The van der Waals surface area contributed by atoms with Gasteiger partial charge < -0.3 is 10.6 Å². The number of guanidine groups is 1. The first-order valence-electron chi connectivity index (χ1n) is 8.93. The molecule has 2 rings (SSSR count). The van der Waals surface area contributed by atoms with E-state index in [1.54, 1.807) is 31.2 Å². The number of halogens is 4. The molecule has 0 aliphatic heterocycles. The third kappa shape index (κ3) is 7.21. The zero-order valence-corrected chi connectivity index (χ0v) is 17.2. The molecule has 0 heterocycles. The van der Waals surface area contributed by atoms with Crippen LogP contribution < -0.4 is 15.4 Å². The van der Waals surface area contributed by atoms with Crippen molar-refractivity contribution in [3.8, 4) is 0 Å². The molecule has 0 radical (unpaired) electrons. The molecule has 0 bridgehead atoms. The van der Waals surface area contributed by atoms with Crippen molar-refractivity contribution < 1.29 is 26.0 Å². The summed E-state index contributed by atoms with van der Waals surface area (Å²) in [6.07, 6.45) is -3.66. The summed E-state index contributed by atoms with van der Waals surface area (Å²) in [5.41, 5.74) is -0.252. The van der Waals surface area contributed by atoms with E-state index in [0.29, 0.717) is 23.9 Å². The Bertz CT molecular complexity index is 1010. The number of nitrogens with one attached hydrogen (secondary N) is 3. The van der Waals surface area contributed by atoms with Crippen molar-refractivity contribution in [2.24, 2.45) is 4.99 Å². The monoisotopic (exact) mass is 446 g/mol. The number of nitrogens with zero attached hydrogens (tertiary/aromatic N) is 1. The number of sulfonamides is 1. The van der Waals surface area contributed by atoms with Gasteiger partial charge in [-0.2, -0.15) is 13.2 Å². The number of alkyl halides is 3. The molecular weight excluding hydrogens is 424 g/mol. The van der Waals surface area contributed by atoms with Crippen LogP contribution in [0, 0.1) is 5.82 Å². The largest absolute Gasteiger partial charge is 0.416 e. The highest BCUT2D eigenvalue weighted by Gasteiger charge is 2.33. The quantitative estimate of drug-likeness (QED) is 0.346. The highest BCUT2D eigenvalue weighted by atomic mass is 32.2. The van der Waals surface area contributed by atoms with Crippen LogP contribution in [0.15, 0.2) is 47.5 Å². The maximum atomic E-state index is 13.3. The van der Waals surface area contributed by atoms with Crippen LogP contribution in [0.2, 0.25) is 0 Å². The predicted molar refractivity (Wildman–Crippen MR) is 108 cm³/mol. The Kier molecular flexibility index (Phi) is 7.65. The van der Waals surface area contributed by atoms with Crippen LogP contribution >= 0.6 is 0 Å². The SMILES string of the molecule is CCNC(=NCc1ccccc1NS(C)(=O)=O)NCc1ccc(F)cc1C(F)(F)F. The summed E-state index contributed by atoms with van der Waals surface area (Å²) >= 11 is 0. The van der Waals surface area contributed by atoms with Gasteiger partial charge in [0.05, 0.1) is 24.1 Å². The fourth-order valence-electron chi connectivity index (χ4n) is 2.61. The van der Waals surface area contributed by atoms with Crippen molar-refractivity contribution in [1.82, 2.24) is 10.6 Å². The summed E-state index contributed by atoms with van der Waals surface area (Å²) < 4.78 is 78.1. The number of rotatable bonds is 7. The van der Waals surface area contributed by atoms with Crippen molar-refractivity contribution in [2.75, 3.05) is 17.5 Å². The van der Waals surface area contributed by atoms with Gasteiger partial charge in [-0.25, -0.2) is 17.8 Å². The highest BCUT2D eigenvalue weighted by molar-refractivity contribution is 7.92. The van der Waals surface area contributed by atoms with Gasteiger partial charge in [0.1, 0.15) is 5.82 Å². The minimum absolute atomic E-state index is 0.0730. The maximum absolute atomic E-state index is 13.3. The van der Waals surface area contributed by atoms with Gasteiger partial charge in [-0.05, 0) is 36.2 Å². The lowest BCUT2D eigenvalue weighted by molar-refractivity contribution is -0.138. The van der Waals surface area contributed by atoms with Crippen LogP contribution in [0.3, 0.4) is 0 Å². The smallest absolute Gasteiger partial charge is 0.357 e. The van der Waals surface area contributed by atoms with E-state index in [2.05, 4.69) is 20.3 Å². The van der Waals surface area contributed by atoms with E-state index in [0.717, 1.165) is 18.4 Å². The molecule has 0 aromatic heterocycles. The van der Waals surface area contributed by atoms with E-state index in [1.807, 2.05) is 0 Å². The molecule has 0 aliphatic carbocycles. The average molecular weight is 446 g/mol. The normalized spacial score (nSPS) is 12.5. The summed E-state index contributed by atoms with van der Waals surface area (Å²) in [5, 5.41) is 5.69. The molecule has 164 valence electrons. The number of aliphatic imine (C=N–C) groups is 1. The molecule has 0 fully saturated rings. The fraction of sp³-hybridized carbons (Fsp3) is 0.316. The van der Waals surface area contributed by atoms with Crippen molar-refractivity contribution in [3.05, 3.63) is 65.0 Å². The Morgan fingerprint density at radius 1 is 1.07 bits per heavy atom. The third-order valence-electron chi connectivity index (χ3n) is 3.89. The first-order valence-corrected chi connectivity index (χ1v) is 10.8. The zero-order valence-electron chi connectivity index (χ0n) is 16.3. The molecular formula is C19H22F4N4O2S. The first-order chi connectivity index (χ1) is 14.0. The molecule has 0 saturated carbocycles. The van der Waals surface area contributed by atoms with Gasteiger partial charge in [-0.15, -0.1) is 0 Å². The van der Waals surface area contributed by atoms with Crippen molar-refractivity contribution in [1.29, 1.82) is 0 Å². The molecule has 30 heavy (non-hydrogen) atoms. The lowest BCUT2D eigenvalue weighted by Gasteiger charge is -2.16. The Labute approximate surface area is 172 Å². The number of benzene rings is 2. The van der Waals surface area contributed by atoms with E-state index >= 15 is 0 Å². The van der Waals surface area contributed by atoms with E-state index in [9.17, 15) is 26.0 Å². The second-order valence-electron chi connectivity index (χ2n) is 6.38. The molecule has 0 aliphatic rings. The van der Waals surface area contributed by atoms with Gasteiger partial charge in [0, 0.05) is 13.1 Å². The average Bonchev–Trinajstić information content (AvgIpc) is 2.64. The van der Waals surface area contributed by atoms with Crippen molar-refractivity contribution in [2.45, 2.75) is 26.2 Å². The lowest BCUT2D eigenvalue weighted by Crippen LogP contribution is -2.37. The van der Waals surface area contributed by atoms with E-state index < -0.39 is 27.6 Å². The number of hydrogen-bond donors (Lipinski definition) is 3. The van der Waals surface area contributed by atoms with Crippen LogP contribution in [0.1, 0.15) is 23.6 Å². The van der Waals surface area contributed by atoms with Crippen LogP contribution in [0.5, 0.6) is 0 Å². The second kappa shape index (κ2) is 9.79. The Hall–Kier alpha value is -2.82. The minimum Gasteiger partial charge on any atom is -0.357 e. The van der Waals surface area contributed by atoms with Gasteiger partial charge >= 0.3 is 6.18 Å². The van der Waals surface area contributed by atoms with E-state index in [-0.39, 0.29) is 24.6 Å². The number of para-hydroxylation sites is 1. The Morgan fingerprint density at radius 2 is 1.77 bits per heavy atom. The molecule has 0 atom stereocenters. The Morgan fingerprint density at radius 3 is 2.40 bits per heavy atom. The fourth-order valence-corrected chi connectivity index (χ4v) is 3.21. The molecule has 11 heteroatoms. The Balaban J connectivity index is 2.20. The molecule has 0 amide bonds. The van der Waals surface area contributed by atoms with Gasteiger partial charge in [0.15, 0.2) is 5.96 Å². The molecule has 2 aromatic rings. The van der Waals surface area contributed by atoms with Crippen LogP contribution in [0.25, 0.3) is 0 Å². The molecule has 0 unspecified atom stereocenters. The maximum Gasteiger partial charge on any atom is 0.416 e. The lowest BCUT2D eigenvalue weighted by atomic mass is 10.1. The van der Waals surface area contributed by atoms with Crippen LogP contribution in [0.4, 0.5) is 23.2 Å². The summed E-state index contributed by atoms with van der Waals surface area (Å²) in [5.74, 6) is -0.745. The van der Waals surface area contributed by atoms with Gasteiger partial charge in [-0.3, -0.25) is 4.72 Å². The zero-order chi connectivity index (χ0) is 22.4. The number of hydrogen-bond acceptors (Lipinski definition) is 3. The molecule has 0 spiro atoms. The summed E-state index contributed by atoms with van der Waals surface area (Å²) in [7, 11) is -3.48. The molecule has 2 aromatic carbocycles. The molecule has 3 N–H and O–H groups in total. The summed E-state index contributed by atoms with van der Waals surface area (Å²) in [4.78, 5) is 4.30.